The normalized spacial score (nSPS) is 12.0. The van der Waals surface area contributed by atoms with Gasteiger partial charge in [0, 0.05) is 0 Å². The van der Waals surface area contributed by atoms with E-state index in [9.17, 15) is 0 Å². The Kier molecular flexibility index (Phi) is 2.84. The van der Waals surface area contributed by atoms with Crippen molar-refractivity contribution in [3.05, 3.63) is 54.1 Å². The van der Waals surface area contributed by atoms with Gasteiger partial charge in [-0.2, -0.15) is 0 Å². The predicted molar refractivity (Wildman–Crippen MR) is 64.7 cm³/mol. The first-order chi connectivity index (χ1) is 7.33. The Hall–Kier alpha value is -1.60. The third-order valence-electron chi connectivity index (χ3n) is 2.61. The molecule has 0 saturated carbocycles. The molecule has 0 bridgehead atoms. The zero-order chi connectivity index (χ0) is 10.7. The molecule has 0 spiro atoms. The standard InChI is InChI=1S/C14H14O/c1-11(9-10-15)13-8-4-6-12-5-2-3-7-14(12)13/h2-9,15H,10H2,1H3/b11-9+. The number of fused-ring (bicyclic) bond motifs is 1. The summed E-state index contributed by atoms with van der Waals surface area (Å²) in [7, 11) is 0. The van der Waals surface area contributed by atoms with Crippen LogP contribution in [0.5, 0.6) is 0 Å². The van der Waals surface area contributed by atoms with Crippen LogP contribution in [0.4, 0.5) is 0 Å². The van der Waals surface area contributed by atoms with Gasteiger partial charge in [-0.05, 0) is 28.8 Å². The average molecular weight is 198 g/mol. The molecule has 0 unspecified atom stereocenters. The van der Waals surface area contributed by atoms with Crippen LogP contribution in [-0.2, 0) is 0 Å². The molecular weight excluding hydrogens is 184 g/mol. The van der Waals surface area contributed by atoms with Gasteiger partial charge >= 0.3 is 0 Å². The highest BCUT2D eigenvalue weighted by atomic mass is 16.2. The van der Waals surface area contributed by atoms with Crippen molar-refractivity contribution in [2.45, 2.75) is 6.92 Å². The van der Waals surface area contributed by atoms with Gasteiger partial charge in [-0.3, -0.25) is 0 Å². The van der Waals surface area contributed by atoms with Gasteiger partial charge in [-0.25, -0.2) is 0 Å². The summed E-state index contributed by atoms with van der Waals surface area (Å²) >= 11 is 0. The lowest BCUT2D eigenvalue weighted by molar-refractivity contribution is 0.343. The first-order valence-electron chi connectivity index (χ1n) is 5.08. The van der Waals surface area contributed by atoms with Crippen LogP contribution in [0.15, 0.2) is 48.5 Å². The fourth-order valence-corrected chi connectivity index (χ4v) is 1.82. The zero-order valence-corrected chi connectivity index (χ0v) is 8.77. The largest absolute Gasteiger partial charge is 0.392 e. The third-order valence-corrected chi connectivity index (χ3v) is 2.61. The molecule has 76 valence electrons. The molecule has 0 heterocycles. The molecule has 2 rings (SSSR count). The van der Waals surface area contributed by atoms with Gasteiger partial charge < -0.3 is 5.11 Å². The van der Waals surface area contributed by atoms with E-state index >= 15 is 0 Å². The van der Waals surface area contributed by atoms with E-state index < -0.39 is 0 Å². The summed E-state index contributed by atoms with van der Waals surface area (Å²) < 4.78 is 0. The molecule has 0 aliphatic carbocycles. The molecule has 0 radical (unpaired) electrons. The van der Waals surface area contributed by atoms with Crippen LogP contribution >= 0.6 is 0 Å². The van der Waals surface area contributed by atoms with Gasteiger partial charge in [-0.1, -0.05) is 48.5 Å². The number of hydrogen-bond acceptors (Lipinski definition) is 1. The minimum Gasteiger partial charge on any atom is -0.392 e. The number of rotatable bonds is 2. The van der Waals surface area contributed by atoms with E-state index in [1.54, 1.807) is 0 Å². The second-order valence-corrected chi connectivity index (χ2v) is 3.60. The topological polar surface area (TPSA) is 20.2 Å². The fraction of sp³-hybridized carbons (Fsp3) is 0.143. The lowest BCUT2D eigenvalue weighted by Gasteiger charge is -2.06. The maximum Gasteiger partial charge on any atom is 0.0618 e. The van der Waals surface area contributed by atoms with Crippen molar-refractivity contribution in [1.29, 1.82) is 0 Å². The van der Waals surface area contributed by atoms with Gasteiger partial charge in [0.2, 0.25) is 0 Å². The van der Waals surface area contributed by atoms with Crippen LogP contribution in [0.25, 0.3) is 16.3 Å². The maximum absolute atomic E-state index is 8.89. The lowest BCUT2D eigenvalue weighted by atomic mass is 9.99. The smallest absolute Gasteiger partial charge is 0.0618 e. The number of allylic oxidation sites excluding steroid dienone is 1. The highest BCUT2D eigenvalue weighted by Gasteiger charge is 2.00. The molecule has 15 heavy (non-hydrogen) atoms. The Morgan fingerprint density at radius 2 is 1.87 bits per heavy atom. The van der Waals surface area contributed by atoms with Crippen LogP contribution in [0, 0.1) is 0 Å². The second-order valence-electron chi connectivity index (χ2n) is 3.60. The fourth-order valence-electron chi connectivity index (χ4n) is 1.82. The Morgan fingerprint density at radius 1 is 1.13 bits per heavy atom. The van der Waals surface area contributed by atoms with Gasteiger partial charge in [0.25, 0.3) is 0 Å². The summed E-state index contributed by atoms with van der Waals surface area (Å²) in [6.07, 6.45) is 1.84. The van der Waals surface area contributed by atoms with Crippen molar-refractivity contribution in [1.82, 2.24) is 0 Å². The van der Waals surface area contributed by atoms with E-state index in [1.165, 1.54) is 16.3 Å². The quantitative estimate of drug-likeness (QED) is 0.785. The van der Waals surface area contributed by atoms with E-state index in [-0.39, 0.29) is 6.61 Å². The van der Waals surface area contributed by atoms with Crippen molar-refractivity contribution in [2.24, 2.45) is 0 Å². The van der Waals surface area contributed by atoms with Gasteiger partial charge in [0.05, 0.1) is 6.61 Å². The third kappa shape index (κ3) is 1.92. The molecule has 1 nitrogen and oxygen atoms in total. The highest BCUT2D eigenvalue weighted by Crippen LogP contribution is 2.24. The molecule has 1 heteroatoms. The second kappa shape index (κ2) is 4.28. The first-order valence-corrected chi connectivity index (χ1v) is 5.08. The van der Waals surface area contributed by atoms with Crippen molar-refractivity contribution < 1.29 is 5.11 Å². The number of hydrogen-bond donors (Lipinski definition) is 1. The van der Waals surface area contributed by atoms with Crippen LogP contribution in [0.2, 0.25) is 0 Å². The van der Waals surface area contributed by atoms with E-state index in [0.29, 0.717) is 0 Å². The summed E-state index contributed by atoms with van der Waals surface area (Å²) in [4.78, 5) is 0. The van der Waals surface area contributed by atoms with Gasteiger partial charge in [-0.15, -0.1) is 0 Å². The summed E-state index contributed by atoms with van der Waals surface area (Å²) in [5, 5.41) is 11.4. The van der Waals surface area contributed by atoms with Crippen LogP contribution in [0.1, 0.15) is 12.5 Å². The molecular formula is C14H14O. The average Bonchev–Trinajstić information content (AvgIpc) is 2.28. The monoisotopic (exact) mass is 198 g/mol. The first kappa shape index (κ1) is 9.94. The Labute approximate surface area is 89.7 Å². The molecule has 0 fully saturated rings. The Bertz CT molecular complexity index is 492. The van der Waals surface area contributed by atoms with Crippen LogP contribution in [-0.4, -0.2) is 11.7 Å². The van der Waals surface area contributed by atoms with E-state index in [2.05, 4.69) is 24.3 Å². The molecule has 0 atom stereocenters. The van der Waals surface area contributed by atoms with E-state index in [4.69, 9.17) is 5.11 Å². The zero-order valence-electron chi connectivity index (χ0n) is 8.77. The van der Waals surface area contributed by atoms with Crippen LogP contribution < -0.4 is 0 Å². The summed E-state index contributed by atoms with van der Waals surface area (Å²) in [5.41, 5.74) is 2.32. The van der Waals surface area contributed by atoms with Crippen molar-refractivity contribution in [2.75, 3.05) is 6.61 Å². The molecule has 0 aliphatic rings. The Morgan fingerprint density at radius 3 is 2.67 bits per heavy atom. The molecule has 2 aromatic rings. The SMILES string of the molecule is C/C(=C\CO)c1cccc2ccccc12. The van der Waals surface area contributed by atoms with Gasteiger partial charge in [0.15, 0.2) is 0 Å². The molecule has 0 aromatic heterocycles. The molecule has 0 saturated heterocycles. The summed E-state index contributed by atoms with van der Waals surface area (Å²) in [5.74, 6) is 0. The van der Waals surface area contributed by atoms with Crippen molar-refractivity contribution >= 4 is 16.3 Å². The predicted octanol–water partition coefficient (Wildman–Crippen LogP) is 3.24. The van der Waals surface area contributed by atoms with Crippen LogP contribution in [0.3, 0.4) is 0 Å². The number of aliphatic hydroxyl groups excluding tert-OH is 1. The maximum atomic E-state index is 8.89. The summed E-state index contributed by atoms with van der Waals surface area (Å²) in [6.45, 7) is 2.12. The Balaban J connectivity index is 2.66. The van der Waals surface area contributed by atoms with E-state index in [0.717, 1.165) is 5.57 Å². The molecule has 0 amide bonds. The number of aliphatic hydroxyl groups is 1. The highest BCUT2D eigenvalue weighted by molar-refractivity contribution is 5.93. The minimum absolute atomic E-state index is 0.0923. The van der Waals surface area contributed by atoms with Gasteiger partial charge in [0.1, 0.15) is 0 Å². The van der Waals surface area contributed by atoms with Crippen molar-refractivity contribution in [3.63, 3.8) is 0 Å². The van der Waals surface area contributed by atoms with E-state index in [1.807, 2.05) is 31.2 Å². The molecule has 0 aliphatic heterocycles. The summed E-state index contributed by atoms with van der Waals surface area (Å²) in [6, 6.07) is 14.5. The minimum atomic E-state index is 0.0923. The lowest BCUT2D eigenvalue weighted by Crippen LogP contribution is -1.84. The molecule has 2 aromatic carbocycles. The van der Waals surface area contributed by atoms with Crippen molar-refractivity contribution in [3.8, 4) is 0 Å². The number of benzene rings is 2. The molecule has 1 N–H and O–H groups in total.